The maximum absolute atomic E-state index is 11.5. The number of nitrogens with one attached hydrogen (secondary N) is 1. The van der Waals surface area contributed by atoms with Gasteiger partial charge in [-0.3, -0.25) is 9.69 Å². The van der Waals surface area contributed by atoms with Crippen molar-refractivity contribution in [2.24, 2.45) is 0 Å². The quantitative estimate of drug-likeness (QED) is 0.670. The minimum Gasteiger partial charge on any atom is -0.315 e. The van der Waals surface area contributed by atoms with Gasteiger partial charge in [0.1, 0.15) is 6.54 Å². The van der Waals surface area contributed by atoms with E-state index in [9.17, 15) is 9.59 Å². The molecular formula is C10H17N3O2. The normalized spacial score (nSPS) is 26.9. The third-order valence-corrected chi connectivity index (χ3v) is 3.17. The molecule has 0 aromatic heterocycles. The average molecular weight is 211 g/mol. The zero-order valence-corrected chi connectivity index (χ0v) is 9.03. The standard InChI is InChI=1S/C10H17N3O2/c1-12-9(14)7-13(10(12)15)6-4-8-3-2-5-11-8/h8,11H,2-7H2,1H3. The zero-order chi connectivity index (χ0) is 10.8. The Bertz CT molecular complexity index is 274. The molecule has 1 unspecified atom stereocenters. The van der Waals surface area contributed by atoms with Crippen LogP contribution in [0.15, 0.2) is 0 Å². The first-order valence-corrected chi connectivity index (χ1v) is 5.47. The predicted octanol–water partition coefficient (Wildman–Crippen LogP) is 0.0225. The molecule has 2 saturated heterocycles. The van der Waals surface area contributed by atoms with Gasteiger partial charge in [0.05, 0.1) is 0 Å². The summed E-state index contributed by atoms with van der Waals surface area (Å²) in [6, 6.07) is 0.372. The van der Waals surface area contributed by atoms with Crippen molar-refractivity contribution in [3.8, 4) is 0 Å². The van der Waals surface area contributed by atoms with Crippen LogP contribution in [0, 0.1) is 0 Å². The number of hydrogen-bond donors (Lipinski definition) is 1. The van der Waals surface area contributed by atoms with Crippen molar-refractivity contribution in [2.45, 2.75) is 25.3 Å². The first-order valence-electron chi connectivity index (χ1n) is 5.47. The van der Waals surface area contributed by atoms with Gasteiger partial charge in [-0.2, -0.15) is 0 Å². The topological polar surface area (TPSA) is 52.7 Å². The van der Waals surface area contributed by atoms with Gasteiger partial charge in [0.25, 0.3) is 0 Å². The van der Waals surface area contributed by atoms with Gasteiger partial charge < -0.3 is 10.2 Å². The summed E-state index contributed by atoms with van der Waals surface area (Å²) in [5.74, 6) is -0.0978. The van der Waals surface area contributed by atoms with Crippen LogP contribution in [0.4, 0.5) is 4.79 Å². The molecule has 2 heterocycles. The van der Waals surface area contributed by atoms with Crippen molar-refractivity contribution in [2.75, 3.05) is 26.7 Å². The molecule has 0 bridgehead atoms. The van der Waals surface area contributed by atoms with Crippen molar-refractivity contribution in [1.29, 1.82) is 0 Å². The molecule has 84 valence electrons. The maximum atomic E-state index is 11.5. The number of carbonyl (C=O) groups is 2. The molecular weight excluding hydrogens is 194 g/mol. The molecule has 1 atom stereocenters. The van der Waals surface area contributed by atoms with Gasteiger partial charge in [-0.15, -0.1) is 0 Å². The number of imide groups is 1. The number of hydrogen-bond acceptors (Lipinski definition) is 3. The Hall–Kier alpha value is -1.10. The fourth-order valence-corrected chi connectivity index (χ4v) is 2.15. The fraction of sp³-hybridized carbons (Fsp3) is 0.800. The van der Waals surface area contributed by atoms with Gasteiger partial charge in [0, 0.05) is 19.6 Å². The number of nitrogens with zero attached hydrogens (tertiary/aromatic N) is 2. The van der Waals surface area contributed by atoms with E-state index in [1.54, 1.807) is 11.9 Å². The van der Waals surface area contributed by atoms with Crippen molar-refractivity contribution in [1.82, 2.24) is 15.1 Å². The molecule has 5 nitrogen and oxygen atoms in total. The molecule has 2 aliphatic rings. The summed E-state index contributed by atoms with van der Waals surface area (Å²) in [4.78, 5) is 25.6. The van der Waals surface area contributed by atoms with E-state index in [0.29, 0.717) is 12.6 Å². The Balaban J connectivity index is 1.80. The van der Waals surface area contributed by atoms with Gasteiger partial charge in [-0.25, -0.2) is 4.79 Å². The van der Waals surface area contributed by atoms with Gasteiger partial charge in [-0.1, -0.05) is 0 Å². The van der Waals surface area contributed by atoms with E-state index in [2.05, 4.69) is 5.32 Å². The van der Waals surface area contributed by atoms with Crippen LogP contribution in [0.2, 0.25) is 0 Å². The number of likely N-dealkylation sites (N-methyl/N-ethyl adjacent to an activating group) is 1. The second-order valence-corrected chi connectivity index (χ2v) is 4.24. The molecule has 0 aromatic carbocycles. The number of carbonyl (C=O) groups excluding carboxylic acids is 2. The highest BCUT2D eigenvalue weighted by atomic mass is 16.2. The molecule has 0 aromatic rings. The highest BCUT2D eigenvalue weighted by molar-refractivity contribution is 6.01. The fourth-order valence-electron chi connectivity index (χ4n) is 2.15. The summed E-state index contributed by atoms with van der Waals surface area (Å²) in [6.07, 6.45) is 3.36. The van der Waals surface area contributed by atoms with Crippen molar-refractivity contribution < 1.29 is 9.59 Å². The van der Waals surface area contributed by atoms with Crippen LogP contribution < -0.4 is 5.32 Å². The van der Waals surface area contributed by atoms with E-state index in [0.717, 1.165) is 13.0 Å². The minimum absolute atomic E-state index is 0.0978. The van der Waals surface area contributed by atoms with Crippen LogP contribution in [-0.4, -0.2) is 54.5 Å². The van der Waals surface area contributed by atoms with Crippen LogP contribution in [0.25, 0.3) is 0 Å². The molecule has 5 heteroatoms. The molecule has 0 saturated carbocycles. The van der Waals surface area contributed by atoms with Gasteiger partial charge >= 0.3 is 6.03 Å². The van der Waals surface area contributed by atoms with E-state index in [4.69, 9.17) is 0 Å². The third-order valence-electron chi connectivity index (χ3n) is 3.17. The highest BCUT2D eigenvalue weighted by Crippen LogP contribution is 2.13. The average Bonchev–Trinajstić information content (AvgIpc) is 2.80. The Morgan fingerprint density at radius 2 is 2.27 bits per heavy atom. The van der Waals surface area contributed by atoms with E-state index in [1.165, 1.54) is 17.7 Å². The first kappa shape index (κ1) is 10.4. The van der Waals surface area contributed by atoms with Crippen LogP contribution in [0.1, 0.15) is 19.3 Å². The second-order valence-electron chi connectivity index (χ2n) is 4.24. The maximum Gasteiger partial charge on any atom is 0.326 e. The van der Waals surface area contributed by atoms with E-state index < -0.39 is 0 Å². The second kappa shape index (κ2) is 4.18. The molecule has 0 aliphatic carbocycles. The largest absolute Gasteiger partial charge is 0.326 e. The predicted molar refractivity (Wildman–Crippen MR) is 55.4 cm³/mol. The lowest BCUT2D eigenvalue weighted by Crippen LogP contribution is -2.33. The Labute approximate surface area is 89.4 Å². The molecule has 0 spiro atoms. The van der Waals surface area contributed by atoms with Crippen molar-refractivity contribution >= 4 is 11.9 Å². The number of urea groups is 1. The van der Waals surface area contributed by atoms with Crippen LogP contribution >= 0.6 is 0 Å². The summed E-state index contributed by atoms with van der Waals surface area (Å²) >= 11 is 0. The SMILES string of the molecule is CN1C(=O)CN(CCC2CCCN2)C1=O. The van der Waals surface area contributed by atoms with Gasteiger partial charge in [0.15, 0.2) is 0 Å². The van der Waals surface area contributed by atoms with Gasteiger partial charge in [-0.05, 0) is 25.8 Å². The molecule has 0 radical (unpaired) electrons. The van der Waals surface area contributed by atoms with E-state index in [-0.39, 0.29) is 18.5 Å². The summed E-state index contributed by atoms with van der Waals surface area (Å²) in [6.45, 7) is 2.02. The Morgan fingerprint density at radius 1 is 1.47 bits per heavy atom. The Kier molecular flexibility index (Phi) is 2.90. The smallest absolute Gasteiger partial charge is 0.315 e. The molecule has 3 amide bonds. The first-order chi connectivity index (χ1) is 7.18. The van der Waals surface area contributed by atoms with Crippen LogP contribution in [0.3, 0.4) is 0 Å². The summed E-state index contributed by atoms with van der Waals surface area (Å²) in [5.41, 5.74) is 0. The highest BCUT2D eigenvalue weighted by Gasteiger charge is 2.32. The third kappa shape index (κ3) is 2.12. The molecule has 15 heavy (non-hydrogen) atoms. The minimum atomic E-state index is -0.155. The van der Waals surface area contributed by atoms with E-state index >= 15 is 0 Å². The zero-order valence-electron chi connectivity index (χ0n) is 9.03. The lowest BCUT2D eigenvalue weighted by atomic mass is 10.1. The van der Waals surface area contributed by atoms with Crippen molar-refractivity contribution in [3.63, 3.8) is 0 Å². The van der Waals surface area contributed by atoms with Crippen LogP contribution in [0.5, 0.6) is 0 Å². The lowest BCUT2D eigenvalue weighted by molar-refractivity contribution is -0.124. The molecule has 2 fully saturated rings. The number of rotatable bonds is 3. The van der Waals surface area contributed by atoms with Crippen LogP contribution in [-0.2, 0) is 4.79 Å². The Morgan fingerprint density at radius 3 is 2.80 bits per heavy atom. The van der Waals surface area contributed by atoms with E-state index in [1.807, 2.05) is 0 Å². The number of amides is 3. The molecule has 2 rings (SSSR count). The summed E-state index contributed by atoms with van der Waals surface area (Å²) < 4.78 is 0. The van der Waals surface area contributed by atoms with Crippen molar-refractivity contribution in [3.05, 3.63) is 0 Å². The summed E-state index contributed by atoms with van der Waals surface area (Å²) in [7, 11) is 1.54. The monoisotopic (exact) mass is 211 g/mol. The summed E-state index contributed by atoms with van der Waals surface area (Å²) in [5, 5.41) is 3.38. The molecule has 1 N–H and O–H groups in total. The van der Waals surface area contributed by atoms with Gasteiger partial charge in [0.2, 0.25) is 5.91 Å². The molecule has 2 aliphatic heterocycles. The lowest BCUT2D eigenvalue weighted by Gasteiger charge is -2.17.